The van der Waals surface area contributed by atoms with Gasteiger partial charge in [-0.25, -0.2) is 9.37 Å². The maximum Gasteiger partial charge on any atom is 0.298 e. The van der Waals surface area contributed by atoms with Gasteiger partial charge in [0.15, 0.2) is 5.82 Å². The summed E-state index contributed by atoms with van der Waals surface area (Å²) in [6.07, 6.45) is 5.91. The summed E-state index contributed by atoms with van der Waals surface area (Å²) in [7, 11) is 0. The van der Waals surface area contributed by atoms with E-state index in [1.807, 2.05) is 22.8 Å². The molecule has 6 nitrogen and oxygen atoms in total. The lowest BCUT2D eigenvalue weighted by Gasteiger charge is -2.05. The number of carbonyl (C=O) groups excluding carboxylic acids is 2. The van der Waals surface area contributed by atoms with Crippen molar-refractivity contribution < 1.29 is 14.0 Å². The highest BCUT2D eigenvalue weighted by Crippen LogP contribution is 2.23. The van der Waals surface area contributed by atoms with Crippen LogP contribution in [0.1, 0.15) is 15.9 Å². The summed E-state index contributed by atoms with van der Waals surface area (Å²) in [5.41, 5.74) is 1.98. The number of halogens is 1. The van der Waals surface area contributed by atoms with Gasteiger partial charge in [-0.2, -0.15) is 0 Å². The number of rotatable bonds is 5. The summed E-state index contributed by atoms with van der Waals surface area (Å²) in [4.78, 5) is 32.9. The lowest BCUT2D eigenvalue weighted by Crippen LogP contribution is -2.23. The van der Waals surface area contributed by atoms with Crippen LogP contribution in [0.15, 0.2) is 73.3 Å². The van der Waals surface area contributed by atoms with Crippen molar-refractivity contribution in [1.82, 2.24) is 14.5 Å². The second-order valence-corrected chi connectivity index (χ2v) is 6.19. The molecule has 7 heteroatoms. The topological polar surface area (TPSA) is 76.9 Å². The first-order valence-electron chi connectivity index (χ1n) is 8.56. The minimum atomic E-state index is -0.787. The van der Waals surface area contributed by atoms with Gasteiger partial charge < -0.3 is 9.88 Å². The fourth-order valence-corrected chi connectivity index (χ4v) is 3.00. The lowest BCUT2D eigenvalue weighted by molar-refractivity contribution is -0.112. The molecule has 2 aromatic carbocycles. The highest BCUT2D eigenvalue weighted by Gasteiger charge is 2.22. The van der Waals surface area contributed by atoms with Gasteiger partial charge in [0.2, 0.25) is 0 Å². The van der Waals surface area contributed by atoms with E-state index >= 15 is 0 Å². The molecule has 0 fully saturated rings. The Balaban J connectivity index is 1.66. The maximum atomic E-state index is 13.2. The fraction of sp³-hybridized carbons (Fsp3) is 0.0476. The standard InChI is InChI=1S/C21H15FN4O2/c22-15-7-5-14(6-8-15)12-26-13-17(16-3-1-2-4-18(16)26)20(27)21(28)25-19-11-23-9-10-24-19/h1-11,13H,12H2,(H,24,25,28). The van der Waals surface area contributed by atoms with E-state index in [1.165, 1.54) is 30.7 Å². The Morgan fingerprint density at radius 1 is 1.04 bits per heavy atom. The smallest absolute Gasteiger partial charge is 0.298 e. The van der Waals surface area contributed by atoms with Crippen LogP contribution in [0.4, 0.5) is 10.2 Å². The Kier molecular flexibility index (Phi) is 4.63. The highest BCUT2D eigenvalue weighted by molar-refractivity contribution is 6.48. The number of nitrogens with zero attached hydrogens (tertiary/aromatic N) is 3. The third-order valence-electron chi connectivity index (χ3n) is 4.31. The predicted octanol–water partition coefficient (Wildman–Crippen LogP) is 3.44. The first kappa shape index (κ1) is 17.5. The quantitative estimate of drug-likeness (QED) is 0.429. The molecule has 28 heavy (non-hydrogen) atoms. The van der Waals surface area contributed by atoms with Gasteiger partial charge in [-0.15, -0.1) is 0 Å². The molecule has 0 aliphatic heterocycles. The molecule has 0 bridgehead atoms. The molecule has 0 saturated heterocycles. The number of hydrogen-bond donors (Lipinski definition) is 1. The Morgan fingerprint density at radius 2 is 1.82 bits per heavy atom. The van der Waals surface area contributed by atoms with Gasteiger partial charge in [-0.1, -0.05) is 30.3 Å². The average Bonchev–Trinajstić information content (AvgIpc) is 3.08. The van der Waals surface area contributed by atoms with Crippen molar-refractivity contribution in [3.05, 3.63) is 90.3 Å². The zero-order chi connectivity index (χ0) is 19.5. The van der Waals surface area contributed by atoms with Crippen molar-refractivity contribution in [2.75, 3.05) is 5.32 Å². The monoisotopic (exact) mass is 374 g/mol. The van der Waals surface area contributed by atoms with E-state index in [4.69, 9.17) is 0 Å². The molecule has 0 aliphatic rings. The molecule has 4 aromatic rings. The molecule has 0 aliphatic carbocycles. The summed E-state index contributed by atoms with van der Waals surface area (Å²) < 4.78 is 15.0. The number of hydrogen-bond acceptors (Lipinski definition) is 4. The molecular weight excluding hydrogens is 359 g/mol. The van der Waals surface area contributed by atoms with Gasteiger partial charge >= 0.3 is 0 Å². The fourth-order valence-electron chi connectivity index (χ4n) is 3.00. The van der Waals surface area contributed by atoms with Gasteiger partial charge in [0, 0.05) is 36.0 Å². The van der Waals surface area contributed by atoms with Crippen LogP contribution in [0.5, 0.6) is 0 Å². The number of amides is 1. The minimum Gasteiger partial charge on any atom is -0.342 e. The van der Waals surface area contributed by atoms with Crippen molar-refractivity contribution in [3.63, 3.8) is 0 Å². The van der Waals surface area contributed by atoms with E-state index in [1.54, 1.807) is 24.4 Å². The van der Waals surface area contributed by atoms with Crippen LogP contribution in [0.3, 0.4) is 0 Å². The number of anilines is 1. The molecule has 1 N–H and O–H groups in total. The molecule has 2 heterocycles. The molecule has 0 radical (unpaired) electrons. The molecular formula is C21H15FN4O2. The zero-order valence-corrected chi connectivity index (χ0v) is 14.7. The van der Waals surface area contributed by atoms with E-state index in [9.17, 15) is 14.0 Å². The number of carbonyl (C=O) groups is 2. The number of para-hydroxylation sites is 1. The predicted molar refractivity (Wildman–Crippen MR) is 102 cm³/mol. The van der Waals surface area contributed by atoms with Gasteiger partial charge in [-0.05, 0) is 23.8 Å². The summed E-state index contributed by atoms with van der Waals surface area (Å²) in [5.74, 6) is -1.56. The normalized spacial score (nSPS) is 10.8. The summed E-state index contributed by atoms with van der Waals surface area (Å²) in [6.45, 7) is 0.444. The first-order chi connectivity index (χ1) is 13.6. The van der Waals surface area contributed by atoms with Crippen molar-refractivity contribution in [2.45, 2.75) is 6.54 Å². The second kappa shape index (κ2) is 7.40. The number of aromatic nitrogens is 3. The van der Waals surface area contributed by atoms with Crippen LogP contribution in [0, 0.1) is 5.82 Å². The molecule has 0 atom stereocenters. The third-order valence-corrected chi connectivity index (χ3v) is 4.31. The second-order valence-electron chi connectivity index (χ2n) is 6.19. The number of fused-ring (bicyclic) bond motifs is 1. The molecule has 0 spiro atoms. The van der Waals surface area contributed by atoms with E-state index in [0.717, 1.165) is 11.1 Å². The van der Waals surface area contributed by atoms with Crippen molar-refractivity contribution in [2.24, 2.45) is 0 Å². The largest absolute Gasteiger partial charge is 0.342 e. The zero-order valence-electron chi connectivity index (χ0n) is 14.7. The van der Waals surface area contributed by atoms with Gasteiger partial charge in [0.25, 0.3) is 11.7 Å². The summed E-state index contributed by atoms with van der Waals surface area (Å²) in [6, 6.07) is 13.5. The number of nitrogens with one attached hydrogen (secondary N) is 1. The molecule has 0 unspecified atom stereocenters. The molecule has 0 saturated carbocycles. The van der Waals surface area contributed by atoms with Crippen LogP contribution in [0.25, 0.3) is 10.9 Å². The van der Waals surface area contributed by atoms with Crippen LogP contribution in [0.2, 0.25) is 0 Å². The van der Waals surface area contributed by atoms with Gasteiger partial charge in [0.1, 0.15) is 5.82 Å². The van der Waals surface area contributed by atoms with Crippen LogP contribution in [-0.2, 0) is 11.3 Å². The maximum absolute atomic E-state index is 13.2. The number of benzene rings is 2. The van der Waals surface area contributed by atoms with Gasteiger partial charge in [-0.3, -0.25) is 14.6 Å². The Bertz CT molecular complexity index is 1150. The minimum absolute atomic E-state index is 0.205. The van der Waals surface area contributed by atoms with Crippen molar-refractivity contribution in [1.29, 1.82) is 0 Å². The summed E-state index contributed by atoms with van der Waals surface area (Å²) in [5, 5.41) is 3.13. The first-order valence-corrected chi connectivity index (χ1v) is 8.56. The van der Waals surface area contributed by atoms with Crippen molar-refractivity contribution >= 4 is 28.4 Å². The highest BCUT2D eigenvalue weighted by atomic mass is 19.1. The van der Waals surface area contributed by atoms with E-state index in [2.05, 4.69) is 15.3 Å². The Morgan fingerprint density at radius 3 is 2.57 bits per heavy atom. The average molecular weight is 374 g/mol. The third kappa shape index (κ3) is 3.50. The lowest BCUT2D eigenvalue weighted by atomic mass is 10.1. The number of Topliss-reactive ketones (excluding diaryl/α,β-unsaturated/α-hetero) is 1. The van der Waals surface area contributed by atoms with Crippen LogP contribution in [-0.4, -0.2) is 26.2 Å². The van der Waals surface area contributed by atoms with Crippen LogP contribution < -0.4 is 5.32 Å². The summed E-state index contributed by atoms with van der Waals surface area (Å²) >= 11 is 0. The van der Waals surface area contributed by atoms with E-state index < -0.39 is 11.7 Å². The molecule has 4 rings (SSSR count). The van der Waals surface area contributed by atoms with Crippen LogP contribution >= 0.6 is 0 Å². The Labute approximate surface area is 159 Å². The number of ketones is 1. The SMILES string of the molecule is O=C(Nc1cnccn1)C(=O)c1cn(Cc2ccc(F)cc2)c2ccccc12. The van der Waals surface area contributed by atoms with E-state index in [0.29, 0.717) is 17.5 Å². The van der Waals surface area contributed by atoms with E-state index in [-0.39, 0.29) is 11.6 Å². The van der Waals surface area contributed by atoms with Gasteiger partial charge in [0.05, 0.1) is 11.8 Å². The molecule has 2 aromatic heterocycles. The molecule has 1 amide bonds. The molecule has 138 valence electrons. The Hall–Kier alpha value is -3.87. The van der Waals surface area contributed by atoms with Crippen molar-refractivity contribution in [3.8, 4) is 0 Å².